The Morgan fingerprint density at radius 1 is 1.02 bits per heavy atom. The lowest BCUT2D eigenvalue weighted by atomic mass is 10.1. The van der Waals surface area contributed by atoms with E-state index in [1.54, 1.807) is 36.5 Å². The number of ether oxygens (including phenoxy) is 2. The summed E-state index contributed by atoms with van der Waals surface area (Å²) < 4.78 is 20.9. The second-order valence-corrected chi connectivity index (χ2v) is 11.2. The van der Waals surface area contributed by atoms with Crippen LogP contribution in [0.5, 0.6) is 11.5 Å². The van der Waals surface area contributed by atoms with Crippen molar-refractivity contribution in [1.29, 1.82) is 5.26 Å². The SMILES string of the molecule is CCOc1cc(C=Nn2c(-c3cc4cc(Br)ccc4o3)nc3ccccc3c2=O)cc(Br)c1OCc1ccccc1C#N. The zero-order chi connectivity index (χ0) is 29.9. The third-order valence-electron chi connectivity index (χ3n) is 6.62. The molecule has 0 saturated carbocycles. The van der Waals surface area contributed by atoms with Gasteiger partial charge in [-0.05, 0) is 83.0 Å². The van der Waals surface area contributed by atoms with Gasteiger partial charge in [0.2, 0.25) is 5.82 Å². The molecule has 0 spiro atoms. The molecule has 2 aromatic heterocycles. The van der Waals surface area contributed by atoms with E-state index in [0.29, 0.717) is 56.0 Å². The van der Waals surface area contributed by atoms with Gasteiger partial charge in [0.05, 0.1) is 39.8 Å². The third kappa shape index (κ3) is 5.82. The number of nitriles is 1. The molecule has 4 aromatic carbocycles. The van der Waals surface area contributed by atoms with Crippen molar-refractivity contribution in [3.8, 4) is 29.2 Å². The van der Waals surface area contributed by atoms with Crippen LogP contribution in [0.3, 0.4) is 0 Å². The minimum absolute atomic E-state index is 0.186. The highest BCUT2D eigenvalue weighted by molar-refractivity contribution is 9.10. The van der Waals surface area contributed by atoms with E-state index in [-0.39, 0.29) is 18.0 Å². The van der Waals surface area contributed by atoms with Gasteiger partial charge in [-0.1, -0.05) is 46.3 Å². The smallest absolute Gasteiger partial charge is 0.282 e. The topological polar surface area (TPSA) is 103 Å². The van der Waals surface area contributed by atoms with E-state index in [1.807, 2.05) is 61.5 Å². The average molecular weight is 698 g/mol. The molecule has 0 unspecified atom stereocenters. The van der Waals surface area contributed by atoms with Gasteiger partial charge in [-0.3, -0.25) is 4.79 Å². The molecule has 0 fully saturated rings. The van der Waals surface area contributed by atoms with E-state index in [1.165, 1.54) is 4.68 Å². The summed E-state index contributed by atoms with van der Waals surface area (Å²) in [5.41, 5.74) is 2.82. The lowest BCUT2D eigenvalue weighted by molar-refractivity contribution is 0.267. The van der Waals surface area contributed by atoms with Crippen molar-refractivity contribution >= 4 is 59.9 Å². The van der Waals surface area contributed by atoms with Crippen LogP contribution >= 0.6 is 31.9 Å². The van der Waals surface area contributed by atoms with Crippen LogP contribution in [0.2, 0.25) is 0 Å². The largest absolute Gasteiger partial charge is 0.490 e. The summed E-state index contributed by atoms with van der Waals surface area (Å²) in [6.45, 7) is 2.46. The Balaban J connectivity index is 1.40. The predicted octanol–water partition coefficient (Wildman–Crippen LogP) is 8.07. The van der Waals surface area contributed by atoms with Crippen molar-refractivity contribution in [2.45, 2.75) is 13.5 Å². The van der Waals surface area contributed by atoms with E-state index in [9.17, 15) is 10.1 Å². The molecule has 0 amide bonds. The van der Waals surface area contributed by atoms with Crippen molar-refractivity contribution in [2.24, 2.45) is 5.10 Å². The lowest BCUT2D eigenvalue weighted by Gasteiger charge is -2.15. The van der Waals surface area contributed by atoms with Crippen LogP contribution in [0, 0.1) is 11.3 Å². The lowest BCUT2D eigenvalue weighted by Crippen LogP contribution is -2.20. The van der Waals surface area contributed by atoms with Gasteiger partial charge >= 0.3 is 0 Å². The number of aromatic nitrogens is 2. The summed E-state index contributed by atoms with van der Waals surface area (Å²) in [5.74, 6) is 1.66. The van der Waals surface area contributed by atoms with Crippen molar-refractivity contribution < 1.29 is 13.9 Å². The van der Waals surface area contributed by atoms with Gasteiger partial charge < -0.3 is 13.9 Å². The van der Waals surface area contributed by atoms with Gasteiger partial charge in [0.15, 0.2) is 17.3 Å². The van der Waals surface area contributed by atoms with Gasteiger partial charge in [0.25, 0.3) is 5.56 Å². The molecular weight excluding hydrogens is 676 g/mol. The second-order valence-electron chi connectivity index (χ2n) is 9.43. The molecule has 0 saturated heterocycles. The number of para-hydroxylation sites is 1. The van der Waals surface area contributed by atoms with Gasteiger partial charge in [0.1, 0.15) is 12.2 Å². The molecule has 0 N–H and O–H groups in total. The summed E-state index contributed by atoms with van der Waals surface area (Å²) >= 11 is 7.09. The van der Waals surface area contributed by atoms with Crippen LogP contribution in [0.4, 0.5) is 0 Å². The molecule has 0 aliphatic heterocycles. The molecule has 2 heterocycles. The maximum absolute atomic E-state index is 13.7. The maximum atomic E-state index is 13.7. The normalized spacial score (nSPS) is 11.3. The first-order chi connectivity index (χ1) is 20.9. The van der Waals surface area contributed by atoms with Crippen molar-refractivity contribution in [3.63, 3.8) is 0 Å². The summed E-state index contributed by atoms with van der Waals surface area (Å²) in [5, 5.41) is 15.3. The molecule has 0 radical (unpaired) electrons. The van der Waals surface area contributed by atoms with Crippen molar-refractivity contribution in [3.05, 3.63) is 121 Å². The third-order valence-corrected chi connectivity index (χ3v) is 7.70. The molecule has 10 heteroatoms. The molecule has 212 valence electrons. The van der Waals surface area contributed by atoms with Gasteiger partial charge in [-0.25, -0.2) is 4.98 Å². The first-order valence-electron chi connectivity index (χ1n) is 13.3. The van der Waals surface area contributed by atoms with Crippen LogP contribution in [-0.4, -0.2) is 22.5 Å². The Kier molecular flexibility index (Phi) is 8.09. The van der Waals surface area contributed by atoms with Crippen molar-refractivity contribution in [2.75, 3.05) is 6.61 Å². The zero-order valence-corrected chi connectivity index (χ0v) is 25.9. The maximum Gasteiger partial charge on any atom is 0.282 e. The van der Waals surface area contributed by atoms with Crippen LogP contribution in [0.25, 0.3) is 33.5 Å². The molecule has 6 rings (SSSR count). The van der Waals surface area contributed by atoms with E-state index in [4.69, 9.17) is 18.9 Å². The van der Waals surface area contributed by atoms with Crippen LogP contribution in [0.1, 0.15) is 23.6 Å². The van der Waals surface area contributed by atoms with Crippen LogP contribution < -0.4 is 15.0 Å². The quantitative estimate of drug-likeness (QED) is 0.149. The molecule has 8 nitrogen and oxygen atoms in total. The number of hydrogen-bond acceptors (Lipinski definition) is 7. The fourth-order valence-corrected chi connectivity index (χ4v) is 5.56. The fourth-order valence-electron chi connectivity index (χ4n) is 4.61. The van der Waals surface area contributed by atoms with Crippen LogP contribution in [-0.2, 0) is 6.61 Å². The Bertz CT molecular complexity index is 2130. The highest BCUT2D eigenvalue weighted by Crippen LogP contribution is 2.37. The Morgan fingerprint density at radius 2 is 1.84 bits per heavy atom. The van der Waals surface area contributed by atoms with E-state index in [2.05, 4.69) is 43.0 Å². The number of furan rings is 1. The van der Waals surface area contributed by atoms with E-state index < -0.39 is 0 Å². The minimum Gasteiger partial charge on any atom is -0.490 e. The number of halogens is 2. The van der Waals surface area contributed by atoms with Gasteiger partial charge in [-0.2, -0.15) is 15.0 Å². The Labute approximate surface area is 263 Å². The first kappa shape index (κ1) is 28.4. The molecule has 43 heavy (non-hydrogen) atoms. The number of fused-ring (bicyclic) bond motifs is 2. The first-order valence-corrected chi connectivity index (χ1v) is 14.9. The van der Waals surface area contributed by atoms with Gasteiger partial charge in [0, 0.05) is 15.4 Å². The number of nitrogens with zero attached hydrogens (tertiary/aromatic N) is 4. The van der Waals surface area contributed by atoms with E-state index in [0.717, 1.165) is 15.4 Å². The summed E-state index contributed by atoms with van der Waals surface area (Å²) in [4.78, 5) is 18.4. The van der Waals surface area contributed by atoms with Crippen molar-refractivity contribution in [1.82, 2.24) is 9.66 Å². The molecule has 0 aliphatic rings. The molecule has 0 atom stereocenters. The molecular formula is C33H22Br2N4O4. The summed E-state index contributed by atoms with van der Waals surface area (Å²) in [7, 11) is 0. The monoisotopic (exact) mass is 696 g/mol. The Hall–Kier alpha value is -4.72. The number of rotatable bonds is 8. The number of hydrogen-bond donors (Lipinski definition) is 0. The standard InChI is InChI=1S/C33H22Br2N4O4/c1-2-41-29-14-20(13-26(35)31(29)42-19-22-8-4-3-7-21(22)17-36)18-37-39-32(38-27-10-6-5-9-25(27)33(39)40)30-16-23-15-24(34)11-12-28(23)43-30/h3-16,18H,2,19H2,1H3. The molecule has 0 aliphatic carbocycles. The summed E-state index contributed by atoms with van der Waals surface area (Å²) in [6, 6.07) is 27.7. The Morgan fingerprint density at radius 3 is 2.67 bits per heavy atom. The van der Waals surface area contributed by atoms with Crippen LogP contribution in [0.15, 0.2) is 108 Å². The van der Waals surface area contributed by atoms with Gasteiger partial charge in [-0.15, -0.1) is 0 Å². The fraction of sp³-hybridized carbons (Fsp3) is 0.0909. The number of benzene rings is 4. The summed E-state index contributed by atoms with van der Waals surface area (Å²) in [6.07, 6.45) is 1.56. The van der Waals surface area contributed by atoms with E-state index >= 15 is 0 Å². The second kappa shape index (κ2) is 12.3. The predicted molar refractivity (Wildman–Crippen MR) is 173 cm³/mol. The average Bonchev–Trinajstić information content (AvgIpc) is 3.43. The zero-order valence-electron chi connectivity index (χ0n) is 22.8. The highest BCUT2D eigenvalue weighted by Gasteiger charge is 2.18. The highest BCUT2D eigenvalue weighted by atomic mass is 79.9. The minimum atomic E-state index is -0.335. The molecule has 0 bridgehead atoms. The molecule has 6 aromatic rings.